The number of carbonyl (C=O) groups is 1. The average molecular weight is 290 g/mol. The molecule has 21 heavy (non-hydrogen) atoms. The van der Waals surface area contributed by atoms with Crippen molar-refractivity contribution in [2.45, 2.75) is 45.6 Å². The van der Waals surface area contributed by atoms with E-state index < -0.39 is 0 Å². The Morgan fingerprint density at radius 1 is 1.33 bits per heavy atom. The molecule has 1 aromatic carbocycles. The van der Waals surface area contributed by atoms with Crippen LogP contribution in [0.15, 0.2) is 18.2 Å². The molecule has 0 radical (unpaired) electrons. The second-order valence-electron chi connectivity index (χ2n) is 5.38. The van der Waals surface area contributed by atoms with Gasteiger partial charge in [0, 0.05) is 12.6 Å². The van der Waals surface area contributed by atoms with Crippen molar-refractivity contribution < 1.29 is 9.53 Å². The van der Waals surface area contributed by atoms with Gasteiger partial charge in [-0.05, 0) is 49.9 Å². The average Bonchev–Trinajstić information content (AvgIpc) is 2.48. The summed E-state index contributed by atoms with van der Waals surface area (Å²) >= 11 is 0. The van der Waals surface area contributed by atoms with Gasteiger partial charge in [0.2, 0.25) is 5.91 Å². The topological polar surface area (TPSA) is 50.4 Å². The van der Waals surface area contributed by atoms with Crippen LogP contribution in [0.5, 0.6) is 5.75 Å². The van der Waals surface area contributed by atoms with Gasteiger partial charge in [-0.3, -0.25) is 4.79 Å². The lowest BCUT2D eigenvalue weighted by Gasteiger charge is -2.27. The molecule has 0 saturated carbocycles. The van der Waals surface area contributed by atoms with E-state index in [1.54, 1.807) is 0 Å². The van der Waals surface area contributed by atoms with Crippen LogP contribution in [0.25, 0.3) is 0 Å². The summed E-state index contributed by atoms with van der Waals surface area (Å²) in [6, 6.07) is 6.70. The SMILES string of the molecule is CCNC(=O)CCOc1cccc2c1CCCC2NCC. The summed E-state index contributed by atoms with van der Waals surface area (Å²) < 4.78 is 5.86. The van der Waals surface area contributed by atoms with Crippen molar-refractivity contribution in [2.24, 2.45) is 0 Å². The highest BCUT2D eigenvalue weighted by Crippen LogP contribution is 2.35. The second-order valence-corrected chi connectivity index (χ2v) is 5.38. The minimum absolute atomic E-state index is 0.0489. The Morgan fingerprint density at radius 3 is 2.95 bits per heavy atom. The lowest BCUT2D eigenvalue weighted by Crippen LogP contribution is -2.26. The fourth-order valence-corrected chi connectivity index (χ4v) is 2.95. The molecule has 1 unspecified atom stereocenters. The van der Waals surface area contributed by atoms with Crippen molar-refractivity contribution in [3.63, 3.8) is 0 Å². The molecule has 0 aliphatic heterocycles. The van der Waals surface area contributed by atoms with Crippen molar-refractivity contribution in [2.75, 3.05) is 19.7 Å². The molecule has 1 amide bonds. The number of hydrogen-bond donors (Lipinski definition) is 2. The van der Waals surface area contributed by atoms with Crippen LogP contribution < -0.4 is 15.4 Å². The molecule has 0 bridgehead atoms. The highest BCUT2D eigenvalue weighted by molar-refractivity contribution is 5.75. The summed E-state index contributed by atoms with van der Waals surface area (Å²) in [4.78, 5) is 11.5. The van der Waals surface area contributed by atoms with Crippen LogP contribution in [0.3, 0.4) is 0 Å². The van der Waals surface area contributed by atoms with Crippen molar-refractivity contribution in [1.29, 1.82) is 0 Å². The predicted octanol–water partition coefficient (Wildman–Crippen LogP) is 2.58. The summed E-state index contributed by atoms with van der Waals surface area (Å²) in [7, 11) is 0. The molecule has 1 atom stereocenters. The van der Waals surface area contributed by atoms with Gasteiger partial charge in [0.15, 0.2) is 0 Å². The zero-order valence-electron chi connectivity index (χ0n) is 13.1. The number of amides is 1. The summed E-state index contributed by atoms with van der Waals surface area (Å²) in [5.41, 5.74) is 2.67. The van der Waals surface area contributed by atoms with Gasteiger partial charge in [0.1, 0.15) is 5.75 Å². The number of fused-ring (bicyclic) bond motifs is 1. The van der Waals surface area contributed by atoms with E-state index in [9.17, 15) is 4.79 Å². The molecule has 1 aliphatic rings. The van der Waals surface area contributed by atoms with E-state index in [4.69, 9.17) is 4.74 Å². The van der Waals surface area contributed by atoms with E-state index in [0.717, 1.165) is 18.7 Å². The van der Waals surface area contributed by atoms with Gasteiger partial charge < -0.3 is 15.4 Å². The van der Waals surface area contributed by atoms with E-state index in [-0.39, 0.29) is 5.91 Å². The van der Waals surface area contributed by atoms with E-state index in [1.807, 2.05) is 13.0 Å². The van der Waals surface area contributed by atoms with Gasteiger partial charge >= 0.3 is 0 Å². The first-order valence-corrected chi connectivity index (χ1v) is 8.00. The molecule has 1 aromatic rings. The highest BCUT2D eigenvalue weighted by atomic mass is 16.5. The lowest BCUT2D eigenvalue weighted by molar-refractivity contribution is -0.121. The maximum atomic E-state index is 11.5. The van der Waals surface area contributed by atoms with Crippen LogP contribution >= 0.6 is 0 Å². The molecule has 0 saturated heterocycles. The van der Waals surface area contributed by atoms with Crippen LogP contribution in [0.4, 0.5) is 0 Å². The van der Waals surface area contributed by atoms with Gasteiger partial charge in [-0.2, -0.15) is 0 Å². The first kappa shape index (κ1) is 15.8. The molecule has 0 fully saturated rings. The zero-order chi connectivity index (χ0) is 15.1. The third kappa shape index (κ3) is 4.21. The molecule has 4 heteroatoms. The van der Waals surface area contributed by atoms with Gasteiger partial charge in [-0.15, -0.1) is 0 Å². The highest BCUT2D eigenvalue weighted by Gasteiger charge is 2.22. The maximum absolute atomic E-state index is 11.5. The van der Waals surface area contributed by atoms with Crippen LogP contribution in [0.1, 0.15) is 50.3 Å². The summed E-state index contributed by atoms with van der Waals surface area (Å²) in [6.45, 7) is 6.15. The van der Waals surface area contributed by atoms with Crippen molar-refractivity contribution in [3.05, 3.63) is 29.3 Å². The number of benzene rings is 1. The van der Waals surface area contributed by atoms with Crippen LogP contribution in [-0.2, 0) is 11.2 Å². The fourth-order valence-electron chi connectivity index (χ4n) is 2.95. The standard InChI is InChI=1S/C17H26N2O2/c1-3-18-15-9-5-8-14-13(15)7-6-10-16(14)21-12-11-17(20)19-4-2/h6-7,10,15,18H,3-5,8-9,11-12H2,1-2H3,(H,19,20). The fraction of sp³-hybridized carbons (Fsp3) is 0.588. The van der Waals surface area contributed by atoms with Crippen molar-refractivity contribution in [1.82, 2.24) is 10.6 Å². The molecule has 116 valence electrons. The third-order valence-electron chi connectivity index (χ3n) is 3.88. The molecule has 1 aliphatic carbocycles. The first-order valence-electron chi connectivity index (χ1n) is 8.00. The normalized spacial score (nSPS) is 17.1. The number of rotatable bonds is 7. The number of ether oxygens (including phenoxy) is 1. The molecule has 0 spiro atoms. The van der Waals surface area contributed by atoms with Gasteiger partial charge in [-0.1, -0.05) is 19.1 Å². The number of hydrogen-bond acceptors (Lipinski definition) is 3. The van der Waals surface area contributed by atoms with Crippen LogP contribution in [0, 0.1) is 0 Å². The maximum Gasteiger partial charge on any atom is 0.223 e. The van der Waals surface area contributed by atoms with Crippen molar-refractivity contribution >= 4 is 5.91 Å². The molecule has 2 N–H and O–H groups in total. The van der Waals surface area contributed by atoms with Gasteiger partial charge in [0.25, 0.3) is 0 Å². The van der Waals surface area contributed by atoms with Crippen molar-refractivity contribution in [3.8, 4) is 5.75 Å². The summed E-state index contributed by atoms with van der Waals surface area (Å²) in [5.74, 6) is 0.993. The summed E-state index contributed by atoms with van der Waals surface area (Å²) in [5, 5.41) is 6.33. The molecule has 0 heterocycles. The predicted molar refractivity (Wildman–Crippen MR) is 84.6 cm³/mol. The van der Waals surface area contributed by atoms with E-state index >= 15 is 0 Å². The van der Waals surface area contributed by atoms with E-state index in [2.05, 4.69) is 29.7 Å². The Balaban J connectivity index is 2.01. The number of carbonyl (C=O) groups excluding carboxylic acids is 1. The molecule has 4 nitrogen and oxygen atoms in total. The Morgan fingerprint density at radius 2 is 2.19 bits per heavy atom. The lowest BCUT2D eigenvalue weighted by atomic mass is 9.87. The largest absolute Gasteiger partial charge is 0.493 e. The monoisotopic (exact) mass is 290 g/mol. The Bertz CT molecular complexity index is 474. The quantitative estimate of drug-likeness (QED) is 0.811. The second kappa shape index (κ2) is 8.03. The molecule has 2 rings (SSSR count). The van der Waals surface area contributed by atoms with Gasteiger partial charge in [-0.25, -0.2) is 0 Å². The van der Waals surface area contributed by atoms with Gasteiger partial charge in [0.05, 0.1) is 13.0 Å². The van der Waals surface area contributed by atoms with Crippen LogP contribution in [-0.4, -0.2) is 25.6 Å². The Hall–Kier alpha value is -1.55. The molecule has 0 aromatic heterocycles. The van der Waals surface area contributed by atoms with E-state index in [1.165, 1.54) is 24.0 Å². The smallest absolute Gasteiger partial charge is 0.223 e. The van der Waals surface area contributed by atoms with E-state index in [0.29, 0.717) is 25.6 Å². The third-order valence-corrected chi connectivity index (χ3v) is 3.88. The summed E-state index contributed by atoms with van der Waals surface area (Å²) in [6.07, 6.45) is 3.84. The first-order chi connectivity index (χ1) is 10.3. The number of nitrogens with one attached hydrogen (secondary N) is 2. The zero-order valence-corrected chi connectivity index (χ0v) is 13.1. The molecular weight excluding hydrogens is 264 g/mol. The van der Waals surface area contributed by atoms with Crippen LogP contribution in [0.2, 0.25) is 0 Å². The molecular formula is C17H26N2O2. The minimum Gasteiger partial charge on any atom is -0.493 e. The minimum atomic E-state index is 0.0489. The Kier molecular flexibility index (Phi) is 6.05. The Labute approximate surface area is 127 Å².